The molecule has 2 atom stereocenters. The van der Waals surface area contributed by atoms with E-state index < -0.39 is 6.10 Å². The lowest BCUT2D eigenvalue weighted by Crippen LogP contribution is -2.39. The molecule has 1 saturated heterocycles. The molecular weight excluding hydrogens is 300 g/mol. The van der Waals surface area contributed by atoms with Crippen LogP contribution in [0.15, 0.2) is 48.5 Å². The smallest absolute Gasteiger partial charge is 0.0846 e. The first-order chi connectivity index (χ1) is 11.8. The number of benzene rings is 2. The van der Waals surface area contributed by atoms with Gasteiger partial charge in [0.05, 0.1) is 19.3 Å². The molecule has 4 rings (SSSR count). The maximum Gasteiger partial charge on any atom is 0.0846 e. The number of fused-ring (bicyclic) bond motifs is 3. The molecule has 0 saturated carbocycles. The lowest BCUT2D eigenvalue weighted by atomic mass is 10.2. The highest BCUT2D eigenvalue weighted by atomic mass is 16.3. The molecule has 24 heavy (non-hydrogen) atoms. The van der Waals surface area contributed by atoms with E-state index in [-0.39, 0.29) is 12.6 Å². The van der Waals surface area contributed by atoms with Crippen LogP contribution in [0.2, 0.25) is 0 Å². The SMILES string of the molecule is OC[C@H]1CCCN1CC(O)Cn1c2ccccc2c2ccccc21. The van der Waals surface area contributed by atoms with Crippen LogP contribution in [0.1, 0.15) is 12.8 Å². The summed E-state index contributed by atoms with van der Waals surface area (Å²) >= 11 is 0. The van der Waals surface area contributed by atoms with Gasteiger partial charge >= 0.3 is 0 Å². The molecule has 1 fully saturated rings. The van der Waals surface area contributed by atoms with Crippen molar-refractivity contribution in [2.45, 2.75) is 31.5 Å². The Morgan fingerprint density at radius 2 is 1.58 bits per heavy atom. The van der Waals surface area contributed by atoms with Crippen LogP contribution in [0.3, 0.4) is 0 Å². The van der Waals surface area contributed by atoms with Gasteiger partial charge in [-0.2, -0.15) is 0 Å². The van der Waals surface area contributed by atoms with E-state index in [4.69, 9.17) is 0 Å². The lowest BCUT2D eigenvalue weighted by molar-refractivity contribution is 0.0764. The summed E-state index contributed by atoms with van der Waals surface area (Å²) in [5.74, 6) is 0. The molecule has 3 aromatic rings. The van der Waals surface area contributed by atoms with Crippen molar-refractivity contribution in [3.05, 3.63) is 48.5 Å². The summed E-state index contributed by atoms with van der Waals surface area (Å²) in [4.78, 5) is 2.22. The van der Waals surface area contributed by atoms with Gasteiger partial charge in [-0.3, -0.25) is 4.90 Å². The zero-order chi connectivity index (χ0) is 16.5. The molecule has 0 aliphatic carbocycles. The van der Waals surface area contributed by atoms with Crippen LogP contribution in [0.5, 0.6) is 0 Å². The normalized spacial score (nSPS) is 20.2. The first-order valence-corrected chi connectivity index (χ1v) is 8.77. The molecule has 4 nitrogen and oxygen atoms in total. The van der Waals surface area contributed by atoms with Gasteiger partial charge in [-0.1, -0.05) is 36.4 Å². The first kappa shape index (κ1) is 15.6. The van der Waals surface area contributed by atoms with Crippen molar-refractivity contribution in [3.8, 4) is 0 Å². The summed E-state index contributed by atoms with van der Waals surface area (Å²) in [5.41, 5.74) is 2.33. The van der Waals surface area contributed by atoms with Gasteiger partial charge in [0.15, 0.2) is 0 Å². The summed E-state index contributed by atoms with van der Waals surface area (Å²) in [6, 6.07) is 16.9. The van der Waals surface area contributed by atoms with E-state index in [0.717, 1.165) is 30.4 Å². The van der Waals surface area contributed by atoms with E-state index in [9.17, 15) is 10.2 Å². The van der Waals surface area contributed by atoms with Gasteiger partial charge in [-0.05, 0) is 31.5 Å². The Balaban J connectivity index is 1.63. The molecular formula is C20H24N2O2. The molecule has 4 heteroatoms. The molecule has 126 valence electrons. The van der Waals surface area contributed by atoms with Crippen LogP contribution in [0.25, 0.3) is 21.8 Å². The maximum atomic E-state index is 10.7. The highest BCUT2D eigenvalue weighted by Crippen LogP contribution is 2.29. The molecule has 0 radical (unpaired) electrons. The topological polar surface area (TPSA) is 48.6 Å². The molecule has 2 heterocycles. The third-order valence-electron chi connectivity index (χ3n) is 5.23. The first-order valence-electron chi connectivity index (χ1n) is 8.77. The summed E-state index contributed by atoms with van der Waals surface area (Å²) in [5, 5.41) is 22.6. The predicted molar refractivity (Wildman–Crippen MR) is 97.1 cm³/mol. The number of hydrogen-bond donors (Lipinski definition) is 2. The Morgan fingerprint density at radius 1 is 0.958 bits per heavy atom. The quantitative estimate of drug-likeness (QED) is 0.758. The second kappa shape index (κ2) is 6.55. The molecule has 1 aromatic heterocycles. The molecule has 0 bridgehead atoms. The van der Waals surface area contributed by atoms with Gasteiger partial charge in [0.25, 0.3) is 0 Å². The zero-order valence-corrected chi connectivity index (χ0v) is 13.8. The standard InChI is InChI=1S/C20H24N2O2/c23-14-15-6-5-11-21(15)12-16(24)13-22-19-9-3-1-7-17(19)18-8-2-4-10-20(18)22/h1-4,7-10,15-16,23-24H,5-6,11-14H2/t15-,16?/m1/s1. The monoisotopic (exact) mass is 324 g/mol. The molecule has 1 unspecified atom stereocenters. The number of aromatic nitrogens is 1. The highest BCUT2D eigenvalue weighted by molar-refractivity contribution is 6.07. The van der Waals surface area contributed by atoms with Crippen molar-refractivity contribution in [2.24, 2.45) is 0 Å². The van der Waals surface area contributed by atoms with E-state index in [1.807, 2.05) is 12.1 Å². The van der Waals surface area contributed by atoms with Gasteiger partial charge in [0, 0.05) is 34.4 Å². The van der Waals surface area contributed by atoms with Crippen LogP contribution < -0.4 is 0 Å². The summed E-state index contributed by atoms with van der Waals surface area (Å²) in [6.45, 7) is 2.34. The van der Waals surface area contributed by atoms with E-state index in [1.54, 1.807) is 0 Å². The van der Waals surface area contributed by atoms with Crippen molar-refractivity contribution >= 4 is 21.8 Å². The molecule has 2 aromatic carbocycles. The summed E-state index contributed by atoms with van der Waals surface area (Å²) in [7, 11) is 0. The molecule has 2 N–H and O–H groups in total. The zero-order valence-electron chi connectivity index (χ0n) is 13.8. The van der Waals surface area contributed by atoms with Crippen LogP contribution in [0, 0.1) is 0 Å². The van der Waals surface area contributed by atoms with Crippen LogP contribution in [-0.2, 0) is 6.54 Å². The van der Waals surface area contributed by atoms with Crippen LogP contribution in [0.4, 0.5) is 0 Å². The number of β-amino-alcohol motifs (C(OH)–C–C–N with tert-alkyl or cyclic N) is 1. The highest BCUT2D eigenvalue weighted by Gasteiger charge is 2.26. The maximum absolute atomic E-state index is 10.7. The van der Waals surface area contributed by atoms with Gasteiger partial charge in [-0.15, -0.1) is 0 Å². The van der Waals surface area contributed by atoms with Crippen LogP contribution in [-0.4, -0.2) is 51.5 Å². The van der Waals surface area contributed by atoms with E-state index >= 15 is 0 Å². The lowest BCUT2D eigenvalue weighted by Gasteiger charge is -2.26. The van der Waals surface area contributed by atoms with Crippen molar-refractivity contribution < 1.29 is 10.2 Å². The third-order valence-corrected chi connectivity index (χ3v) is 5.23. The second-order valence-electron chi connectivity index (χ2n) is 6.77. The second-order valence-corrected chi connectivity index (χ2v) is 6.77. The van der Waals surface area contributed by atoms with Crippen LogP contribution >= 0.6 is 0 Å². The minimum absolute atomic E-state index is 0.183. The van der Waals surface area contributed by atoms with Crippen molar-refractivity contribution in [2.75, 3.05) is 19.7 Å². The van der Waals surface area contributed by atoms with Gasteiger partial charge < -0.3 is 14.8 Å². The number of likely N-dealkylation sites (tertiary alicyclic amines) is 1. The molecule has 0 spiro atoms. The average molecular weight is 324 g/mol. The Bertz CT molecular complexity index is 789. The van der Waals surface area contributed by atoms with Crippen molar-refractivity contribution in [3.63, 3.8) is 0 Å². The predicted octanol–water partition coefficient (Wildman–Crippen LogP) is 2.61. The Labute approximate surface area is 141 Å². The van der Waals surface area contributed by atoms with E-state index in [2.05, 4.69) is 45.9 Å². The number of nitrogens with zero attached hydrogens (tertiary/aromatic N) is 2. The molecule has 1 aliphatic rings. The van der Waals surface area contributed by atoms with E-state index in [1.165, 1.54) is 10.8 Å². The third kappa shape index (κ3) is 2.71. The average Bonchev–Trinajstić information content (AvgIpc) is 3.18. The fourth-order valence-electron chi connectivity index (χ4n) is 4.08. The Hall–Kier alpha value is -1.88. The number of aliphatic hydroxyl groups is 2. The fourth-order valence-corrected chi connectivity index (χ4v) is 4.08. The van der Waals surface area contributed by atoms with Gasteiger partial charge in [-0.25, -0.2) is 0 Å². The summed E-state index contributed by atoms with van der Waals surface area (Å²) < 4.78 is 2.22. The fraction of sp³-hybridized carbons (Fsp3) is 0.400. The minimum Gasteiger partial charge on any atom is -0.395 e. The number of rotatable bonds is 5. The number of hydrogen-bond acceptors (Lipinski definition) is 3. The number of para-hydroxylation sites is 2. The molecule has 0 amide bonds. The largest absolute Gasteiger partial charge is 0.395 e. The Morgan fingerprint density at radius 3 is 2.21 bits per heavy atom. The van der Waals surface area contributed by atoms with Crippen molar-refractivity contribution in [1.29, 1.82) is 0 Å². The Kier molecular flexibility index (Phi) is 4.27. The van der Waals surface area contributed by atoms with Crippen molar-refractivity contribution in [1.82, 2.24) is 9.47 Å². The minimum atomic E-state index is -0.448. The number of aliphatic hydroxyl groups excluding tert-OH is 2. The van der Waals surface area contributed by atoms with E-state index in [0.29, 0.717) is 13.1 Å². The molecule has 1 aliphatic heterocycles. The van der Waals surface area contributed by atoms with Gasteiger partial charge in [0.2, 0.25) is 0 Å². The van der Waals surface area contributed by atoms with Gasteiger partial charge in [0.1, 0.15) is 0 Å². The summed E-state index contributed by atoms with van der Waals surface area (Å²) in [6.07, 6.45) is 1.68.